The number of ether oxygens (including phenoxy) is 1. The summed E-state index contributed by atoms with van der Waals surface area (Å²) in [7, 11) is 0. The Bertz CT molecular complexity index is 483. The monoisotopic (exact) mass is 332 g/mol. The van der Waals surface area contributed by atoms with Gasteiger partial charge in [-0.15, -0.1) is 0 Å². The first-order chi connectivity index (χ1) is 8.58. The molecule has 1 aromatic heterocycles. The number of hydrogen-bond acceptors (Lipinski definition) is 4. The summed E-state index contributed by atoms with van der Waals surface area (Å²) in [5, 5.41) is 0. The number of halogens is 1. The van der Waals surface area contributed by atoms with E-state index in [2.05, 4.69) is 33.5 Å². The summed E-state index contributed by atoms with van der Waals surface area (Å²) in [5.74, 6) is 1.50. The maximum Gasteiger partial charge on any atom is 0.267 e. The van der Waals surface area contributed by atoms with Crippen LogP contribution in [0.2, 0.25) is 0 Å². The topological polar surface area (TPSA) is 44.1 Å². The summed E-state index contributed by atoms with van der Waals surface area (Å²) in [6.07, 6.45) is 3.44. The summed E-state index contributed by atoms with van der Waals surface area (Å²) >= 11 is 7.72. The molecule has 0 unspecified atom stereocenters. The van der Waals surface area contributed by atoms with E-state index < -0.39 is 0 Å². The van der Waals surface area contributed by atoms with Crippen molar-refractivity contribution in [2.24, 2.45) is 5.41 Å². The van der Waals surface area contributed by atoms with Gasteiger partial charge in [0.1, 0.15) is 10.3 Å². The Labute approximate surface area is 120 Å². The van der Waals surface area contributed by atoms with Gasteiger partial charge in [0.15, 0.2) is 0 Å². The average molecular weight is 333 g/mol. The lowest BCUT2D eigenvalue weighted by Crippen LogP contribution is -2.39. The summed E-state index contributed by atoms with van der Waals surface area (Å²) in [6, 6.07) is 0. The number of thiol groups is 1. The van der Waals surface area contributed by atoms with E-state index in [0.717, 1.165) is 37.6 Å². The van der Waals surface area contributed by atoms with E-state index in [-0.39, 0.29) is 11.0 Å². The third-order valence-corrected chi connectivity index (χ3v) is 4.80. The summed E-state index contributed by atoms with van der Waals surface area (Å²) < 4.78 is 7.65. The molecule has 0 spiro atoms. The van der Waals surface area contributed by atoms with Crippen LogP contribution in [0.4, 0.5) is 0 Å². The van der Waals surface area contributed by atoms with Crippen molar-refractivity contribution in [3.63, 3.8) is 0 Å². The number of rotatable bonds is 3. The fourth-order valence-corrected chi connectivity index (χ4v) is 2.98. The molecule has 0 saturated carbocycles. The van der Waals surface area contributed by atoms with Crippen molar-refractivity contribution in [2.75, 3.05) is 19.0 Å². The van der Waals surface area contributed by atoms with Crippen LogP contribution in [0.15, 0.2) is 15.5 Å². The lowest BCUT2D eigenvalue weighted by atomic mass is 9.82. The van der Waals surface area contributed by atoms with Gasteiger partial charge in [0.2, 0.25) is 0 Å². The van der Waals surface area contributed by atoms with Crippen molar-refractivity contribution >= 4 is 28.6 Å². The Morgan fingerprint density at radius 2 is 2.22 bits per heavy atom. The van der Waals surface area contributed by atoms with E-state index in [0.29, 0.717) is 11.0 Å². The zero-order chi connectivity index (χ0) is 13.2. The molecule has 18 heavy (non-hydrogen) atoms. The molecule has 100 valence electrons. The zero-order valence-corrected chi connectivity index (χ0v) is 12.8. The van der Waals surface area contributed by atoms with E-state index in [1.165, 1.54) is 0 Å². The number of hydrogen-bond donors (Lipinski definition) is 1. The second-order valence-electron chi connectivity index (χ2n) is 4.82. The molecule has 0 bridgehead atoms. The third-order valence-electron chi connectivity index (χ3n) is 3.59. The van der Waals surface area contributed by atoms with E-state index in [1.807, 2.05) is 6.92 Å². The van der Waals surface area contributed by atoms with Crippen LogP contribution in [0.3, 0.4) is 0 Å². The molecule has 0 amide bonds. The second-order valence-corrected chi connectivity index (χ2v) is 5.99. The minimum atomic E-state index is -0.0184. The molecule has 1 aliphatic heterocycles. The zero-order valence-electron chi connectivity index (χ0n) is 10.4. The van der Waals surface area contributed by atoms with Crippen LogP contribution in [0.1, 0.15) is 18.7 Å². The first-order valence-electron chi connectivity index (χ1n) is 5.98. The molecular weight excluding hydrogens is 316 g/mol. The van der Waals surface area contributed by atoms with Crippen molar-refractivity contribution in [3.05, 3.63) is 26.8 Å². The predicted octanol–water partition coefficient (Wildman–Crippen LogP) is 2.04. The highest BCUT2D eigenvalue weighted by Crippen LogP contribution is 2.33. The fourth-order valence-electron chi connectivity index (χ4n) is 2.24. The molecule has 0 radical (unpaired) electrons. The minimum absolute atomic E-state index is 0.0184. The van der Waals surface area contributed by atoms with E-state index in [4.69, 9.17) is 4.74 Å². The summed E-state index contributed by atoms with van der Waals surface area (Å²) in [5.41, 5.74) is 0.0217. The Morgan fingerprint density at radius 3 is 2.83 bits per heavy atom. The smallest absolute Gasteiger partial charge is 0.267 e. The second kappa shape index (κ2) is 5.75. The number of nitrogens with zero attached hydrogens (tertiary/aromatic N) is 2. The van der Waals surface area contributed by atoms with Crippen molar-refractivity contribution in [1.29, 1.82) is 0 Å². The standard InChI is InChI=1S/C12H17BrN2O2S/c1-9-14-6-10(13)11(16)15(9)7-12(8-18)2-4-17-5-3-12/h6,18H,2-5,7-8H2,1H3. The van der Waals surface area contributed by atoms with Gasteiger partial charge in [-0.3, -0.25) is 9.36 Å². The highest BCUT2D eigenvalue weighted by atomic mass is 79.9. The van der Waals surface area contributed by atoms with Gasteiger partial charge in [0.25, 0.3) is 5.56 Å². The Morgan fingerprint density at radius 1 is 1.56 bits per heavy atom. The molecule has 0 aliphatic carbocycles. The van der Waals surface area contributed by atoms with Gasteiger partial charge in [-0.05, 0) is 41.4 Å². The first kappa shape index (κ1) is 14.1. The third kappa shape index (κ3) is 2.81. The van der Waals surface area contributed by atoms with Crippen molar-refractivity contribution in [3.8, 4) is 0 Å². The van der Waals surface area contributed by atoms with E-state index in [1.54, 1.807) is 10.8 Å². The van der Waals surface area contributed by atoms with Crippen LogP contribution < -0.4 is 5.56 Å². The SMILES string of the molecule is Cc1ncc(Br)c(=O)n1CC1(CS)CCOCC1. The molecule has 1 aromatic rings. The normalized spacial score (nSPS) is 18.8. The van der Waals surface area contributed by atoms with Gasteiger partial charge in [-0.2, -0.15) is 12.6 Å². The van der Waals surface area contributed by atoms with Crippen LogP contribution >= 0.6 is 28.6 Å². The number of aryl methyl sites for hydroxylation is 1. The molecule has 2 heterocycles. The summed E-state index contributed by atoms with van der Waals surface area (Å²) in [6.45, 7) is 4.02. The first-order valence-corrected chi connectivity index (χ1v) is 7.41. The van der Waals surface area contributed by atoms with Gasteiger partial charge in [-0.25, -0.2) is 4.98 Å². The minimum Gasteiger partial charge on any atom is -0.381 e. The highest BCUT2D eigenvalue weighted by molar-refractivity contribution is 9.10. The lowest BCUT2D eigenvalue weighted by Gasteiger charge is -2.36. The molecule has 1 fully saturated rings. The molecule has 0 N–H and O–H groups in total. The largest absolute Gasteiger partial charge is 0.381 e. The lowest BCUT2D eigenvalue weighted by molar-refractivity contribution is 0.0172. The maximum absolute atomic E-state index is 12.1. The average Bonchev–Trinajstić information content (AvgIpc) is 2.40. The van der Waals surface area contributed by atoms with Crippen molar-refractivity contribution in [2.45, 2.75) is 26.3 Å². The molecular formula is C12H17BrN2O2S. The van der Waals surface area contributed by atoms with E-state index >= 15 is 0 Å². The van der Waals surface area contributed by atoms with Gasteiger partial charge >= 0.3 is 0 Å². The molecule has 6 heteroatoms. The predicted molar refractivity (Wildman–Crippen MR) is 77.3 cm³/mol. The number of aromatic nitrogens is 2. The Kier molecular flexibility index (Phi) is 4.50. The van der Waals surface area contributed by atoms with Crippen LogP contribution in [0.5, 0.6) is 0 Å². The van der Waals surface area contributed by atoms with Gasteiger partial charge < -0.3 is 4.74 Å². The highest BCUT2D eigenvalue weighted by Gasteiger charge is 2.32. The Hall–Kier alpha value is -0.330. The molecule has 0 aromatic carbocycles. The Balaban J connectivity index is 2.32. The van der Waals surface area contributed by atoms with Crippen LogP contribution in [-0.4, -0.2) is 28.5 Å². The quantitative estimate of drug-likeness (QED) is 0.861. The van der Waals surface area contributed by atoms with Crippen LogP contribution in [0, 0.1) is 12.3 Å². The molecule has 4 nitrogen and oxygen atoms in total. The van der Waals surface area contributed by atoms with Gasteiger partial charge in [0.05, 0.1) is 0 Å². The van der Waals surface area contributed by atoms with Crippen LogP contribution in [-0.2, 0) is 11.3 Å². The van der Waals surface area contributed by atoms with E-state index in [9.17, 15) is 4.79 Å². The molecule has 2 rings (SSSR count). The molecule has 1 aliphatic rings. The maximum atomic E-state index is 12.1. The van der Waals surface area contributed by atoms with Gasteiger partial charge in [-0.1, -0.05) is 0 Å². The van der Waals surface area contributed by atoms with Crippen LogP contribution in [0.25, 0.3) is 0 Å². The summed E-state index contributed by atoms with van der Waals surface area (Å²) in [4.78, 5) is 16.4. The van der Waals surface area contributed by atoms with Gasteiger partial charge in [0, 0.05) is 31.4 Å². The molecule has 0 atom stereocenters. The van der Waals surface area contributed by atoms with Crippen molar-refractivity contribution < 1.29 is 4.74 Å². The van der Waals surface area contributed by atoms with Crippen molar-refractivity contribution in [1.82, 2.24) is 9.55 Å². The molecule has 1 saturated heterocycles. The fraction of sp³-hybridized carbons (Fsp3) is 0.667.